The van der Waals surface area contributed by atoms with Crippen molar-refractivity contribution in [3.05, 3.63) is 36.2 Å². The molecule has 1 aromatic heterocycles. The predicted octanol–water partition coefficient (Wildman–Crippen LogP) is 1.48. The topological polar surface area (TPSA) is 52.0 Å². The van der Waals surface area contributed by atoms with Crippen LogP contribution in [0.3, 0.4) is 0 Å². The molecule has 1 heterocycles. The van der Waals surface area contributed by atoms with Crippen LogP contribution in [0.15, 0.2) is 30.3 Å². The van der Waals surface area contributed by atoms with Gasteiger partial charge < -0.3 is 14.6 Å². The van der Waals surface area contributed by atoms with Gasteiger partial charge in [0.2, 0.25) is 5.95 Å². The first-order valence-electron chi connectivity index (χ1n) is 5.55. The molecule has 0 radical (unpaired) electrons. The molecule has 5 heteroatoms. The van der Waals surface area contributed by atoms with Gasteiger partial charge in [-0.1, -0.05) is 18.2 Å². The van der Waals surface area contributed by atoms with Crippen molar-refractivity contribution in [1.82, 2.24) is 14.8 Å². The summed E-state index contributed by atoms with van der Waals surface area (Å²) in [6.07, 6.45) is 0.736. The third kappa shape index (κ3) is 2.75. The van der Waals surface area contributed by atoms with E-state index in [2.05, 4.69) is 15.5 Å². The van der Waals surface area contributed by atoms with Crippen LogP contribution in [0.5, 0.6) is 5.75 Å². The number of hydrogen-bond donors (Lipinski definition) is 1. The van der Waals surface area contributed by atoms with E-state index in [1.54, 1.807) is 0 Å². The molecule has 0 fully saturated rings. The van der Waals surface area contributed by atoms with Gasteiger partial charge in [-0.25, -0.2) is 0 Å². The highest BCUT2D eigenvalue weighted by molar-refractivity contribution is 5.24. The summed E-state index contributed by atoms with van der Waals surface area (Å²) in [5.41, 5.74) is 0. The molecule has 1 N–H and O–H groups in total. The number of aromatic nitrogens is 3. The van der Waals surface area contributed by atoms with Gasteiger partial charge in [-0.3, -0.25) is 0 Å². The Morgan fingerprint density at radius 2 is 2.00 bits per heavy atom. The smallest absolute Gasteiger partial charge is 0.224 e. The van der Waals surface area contributed by atoms with Crippen molar-refractivity contribution in [1.29, 1.82) is 0 Å². The second-order valence-corrected chi connectivity index (χ2v) is 3.66. The van der Waals surface area contributed by atoms with Gasteiger partial charge in [0.1, 0.15) is 11.6 Å². The second-order valence-electron chi connectivity index (χ2n) is 3.66. The fourth-order valence-electron chi connectivity index (χ4n) is 1.57. The van der Waals surface area contributed by atoms with Crippen LogP contribution in [0, 0.1) is 0 Å². The lowest BCUT2D eigenvalue weighted by Gasteiger charge is -2.06. The normalized spacial score (nSPS) is 10.2. The number of anilines is 1. The van der Waals surface area contributed by atoms with Crippen LogP contribution in [0.1, 0.15) is 5.82 Å². The van der Waals surface area contributed by atoms with E-state index < -0.39 is 0 Å². The molecule has 17 heavy (non-hydrogen) atoms. The molecule has 0 amide bonds. The molecule has 0 aliphatic rings. The molecule has 5 nitrogen and oxygen atoms in total. The van der Waals surface area contributed by atoms with Crippen molar-refractivity contribution in [3.8, 4) is 5.75 Å². The van der Waals surface area contributed by atoms with E-state index in [-0.39, 0.29) is 0 Å². The Labute approximate surface area is 100 Å². The summed E-state index contributed by atoms with van der Waals surface area (Å²) < 4.78 is 7.53. The van der Waals surface area contributed by atoms with E-state index in [1.807, 2.05) is 49.0 Å². The van der Waals surface area contributed by atoms with Crippen molar-refractivity contribution < 1.29 is 4.74 Å². The Balaban J connectivity index is 1.88. The first kappa shape index (κ1) is 11.4. The lowest BCUT2D eigenvalue weighted by molar-refractivity contribution is 0.317. The number of nitrogens with zero attached hydrogens (tertiary/aromatic N) is 3. The Bertz CT molecular complexity index is 467. The van der Waals surface area contributed by atoms with Gasteiger partial charge in [-0.05, 0) is 12.1 Å². The average Bonchev–Trinajstić information content (AvgIpc) is 2.72. The van der Waals surface area contributed by atoms with E-state index in [4.69, 9.17) is 4.74 Å². The maximum Gasteiger partial charge on any atom is 0.224 e. The van der Waals surface area contributed by atoms with Crippen molar-refractivity contribution in [2.75, 3.05) is 19.0 Å². The van der Waals surface area contributed by atoms with Gasteiger partial charge in [0, 0.05) is 20.5 Å². The van der Waals surface area contributed by atoms with Crippen molar-refractivity contribution >= 4 is 5.95 Å². The SMILES string of the molecule is CNc1nnc(CCOc2ccccc2)n1C. The first-order valence-corrected chi connectivity index (χ1v) is 5.55. The molecule has 2 aromatic rings. The number of nitrogens with one attached hydrogen (secondary N) is 1. The highest BCUT2D eigenvalue weighted by atomic mass is 16.5. The van der Waals surface area contributed by atoms with Crippen LogP contribution in [-0.2, 0) is 13.5 Å². The van der Waals surface area contributed by atoms with Crippen LogP contribution in [0.2, 0.25) is 0 Å². The van der Waals surface area contributed by atoms with Crippen molar-refractivity contribution in [2.45, 2.75) is 6.42 Å². The maximum absolute atomic E-state index is 5.61. The number of hydrogen-bond acceptors (Lipinski definition) is 4. The Hall–Kier alpha value is -2.04. The monoisotopic (exact) mass is 232 g/mol. The highest BCUT2D eigenvalue weighted by Gasteiger charge is 2.06. The van der Waals surface area contributed by atoms with E-state index in [1.165, 1.54) is 0 Å². The van der Waals surface area contributed by atoms with Crippen molar-refractivity contribution in [3.63, 3.8) is 0 Å². The zero-order valence-corrected chi connectivity index (χ0v) is 10.1. The van der Waals surface area contributed by atoms with E-state index in [0.717, 1.165) is 23.9 Å². The molecule has 0 unspecified atom stereocenters. The van der Waals surface area contributed by atoms with Crippen molar-refractivity contribution in [2.24, 2.45) is 7.05 Å². The number of ether oxygens (including phenoxy) is 1. The fourth-order valence-corrected chi connectivity index (χ4v) is 1.57. The lowest BCUT2D eigenvalue weighted by atomic mass is 10.3. The fraction of sp³-hybridized carbons (Fsp3) is 0.333. The minimum atomic E-state index is 0.597. The third-order valence-corrected chi connectivity index (χ3v) is 2.53. The molecule has 90 valence electrons. The first-order chi connectivity index (χ1) is 8.31. The minimum absolute atomic E-state index is 0.597. The zero-order valence-electron chi connectivity index (χ0n) is 10.1. The van der Waals surface area contributed by atoms with Gasteiger partial charge in [-0.15, -0.1) is 10.2 Å². The summed E-state index contributed by atoms with van der Waals surface area (Å²) in [6, 6.07) is 9.76. The third-order valence-electron chi connectivity index (χ3n) is 2.53. The zero-order chi connectivity index (χ0) is 12.1. The minimum Gasteiger partial charge on any atom is -0.493 e. The summed E-state index contributed by atoms with van der Waals surface area (Å²) in [5.74, 6) is 2.55. The number of benzene rings is 1. The Morgan fingerprint density at radius 3 is 2.65 bits per heavy atom. The summed E-state index contributed by atoms with van der Waals surface area (Å²) in [5, 5.41) is 11.1. The average molecular weight is 232 g/mol. The predicted molar refractivity (Wildman–Crippen MR) is 66.2 cm³/mol. The molecule has 0 aliphatic heterocycles. The molecule has 0 saturated heterocycles. The molecular weight excluding hydrogens is 216 g/mol. The molecule has 1 aromatic carbocycles. The van der Waals surface area contributed by atoms with Gasteiger partial charge in [-0.2, -0.15) is 0 Å². The Kier molecular flexibility index (Phi) is 3.59. The number of rotatable bonds is 5. The summed E-state index contributed by atoms with van der Waals surface area (Å²) in [4.78, 5) is 0. The number of para-hydroxylation sites is 1. The second kappa shape index (κ2) is 5.34. The molecule has 2 rings (SSSR count). The van der Waals surface area contributed by atoms with Gasteiger partial charge >= 0.3 is 0 Å². The summed E-state index contributed by atoms with van der Waals surface area (Å²) in [6.45, 7) is 0.597. The van der Waals surface area contributed by atoms with E-state index in [0.29, 0.717) is 6.61 Å². The van der Waals surface area contributed by atoms with Gasteiger partial charge in [0.25, 0.3) is 0 Å². The molecule has 0 bridgehead atoms. The summed E-state index contributed by atoms with van der Waals surface area (Å²) in [7, 11) is 3.76. The van der Waals surface area contributed by atoms with E-state index >= 15 is 0 Å². The van der Waals surface area contributed by atoms with E-state index in [9.17, 15) is 0 Å². The maximum atomic E-state index is 5.61. The largest absolute Gasteiger partial charge is 0.493 e. The van der Waals surface area contributed by atoms with Crippen LogP contribution < -0.4 is 10.1 Å². The molecular formula is C12H16N4O. The summed E-state index contributed by atoms with van der Waals surface area (Å²) >= 11 is 0. The highest BCUT2D eigenvalue weighted by Crippen LogP contribution is 2.09. The standard InChI is InChI=1S/C12H16N4O/c1-13-12-15-14-11(16(12)2)8-9-17-10-6-4-3-5-7-10/h3-7H,8-9H2,1-2H3,(H,13,15). The molecule has 0 spiro atoms. The molecule has 0 aliphatic carbocycles. The quantitative estimate of drug-likeness (QED) is 0.848. The van der Waals surface area contributed by atoms with Gasteiger partial charge in [0.05, 0.1) is 6.61 Å². The van der Waals surface area contributed by atoms with Crippen LogP contribution in [-0.4, -0.2) is 28.4 Å². The van der Waals surface area contributed by atoms with Gasteiger partial charge in [0.15, 0.2) is 0 Å². The molecule has 0 atom stereocenters. The van der Waals surface area contributed by atoms with Crippen LogP contribution >= 0.6 is 0 Å². The Morgan fingerprint density at radius 1 is 1.24 bits per heavy atom. The van der Waals surface area contributed by atoms with Crippen LogP contribution in [0.4, 0.5) is 5.95 Å². The lowest BCUT2D eigenvalue weighted by Crippen LogP contribution is -2.07. The van der Waals surface area contributed by atoms with Crippen LogP contribution in [0.25, 0.3) is 0 Å². The molecule has 0 saturated carbocycles.